The van der Waals surface area contributed by atoms with Gasteiger partial charge in [-0.25, -0.2) is 9.78 Å². The van der Waals surface area contributed by atoms with Crippen LogP contribution in [0, 0.1) is 6.92 Å². The molecule has 0 aromatic carbocycles. The molecule has 0 aliphatic rings. The van der Waals surface area contributed by atoms with Crippen molar-refractivity contribution in [3.8, 4) is 0 Å². The quantitative estimate of drug-likeness (QED) is 0.879. The van der Waals surface area contributed by atoms with E-state index >= 15 is 0 Å². The summed E-state index contributed by atoms with van der Waals surface area (Å²) < 4.78 is 26.5. The highest BCUT2D eigenvalue weighted by Gasteiger charge is 2.17. The summed E-state index contributed by atoms with van der Waals surface area (Å²) in [6.45, 7) is 1.74. The number of aryl methyl sites for hydroxylation is 1. The first-order valence-electron chi connectivity index (χ1n) is 5.53. The van der Waals surface area contributed by atoms with Crippen LogP contribution in [-0.4, -0.2) is 29.5 Å². The number of carbonyl (C=O) groups is 1. The fraction of sp³-hybridized carbons (Fsp3) is 0.0833. The van der Waals surface area contributed by atoms with Crippen LogP contribution in [-0.2, 0) is 10.0 Å². The van der Waals surface area contributed by atoms with Gasteiger partial charge in [-0.3, -0.25) is 9.71 Å². The van der Waals surface area contributed by atoms with E-state index < -0.39 is 16.0 Å². The molecule has 7 nitrogen and oxygen atoms in total. The highest BCUT2D eigenvalue weighted by Crippen LogP contribution is 2.17. The molecule has 0 aliphatic heterocycles. The number of aromatic nitrogens is 2. The molecule has 0 spiro atoms. The number of nitrogens with zero attached hydrogens (tertiary/aromatic N) is 2. The van der Waals surface area contributed by atoms with Crippen LogP contribution in [0.1, 0.15) is 15.9 Å². The molecule has 2 heterocycles. The van der Waals surface area contributed by atoms with Gasteiger partial charge in [0.2, 0.25) is 0 Å². The molecular weight excluding hydrogens is 282 g/mol. The summed E-state index contributed by atoms with van der Waals surface area (Å²) in [4.78, 5) is 18.2. The van der Waals surface area contributed by atoms with Crippen LogP contribution in [0.2, 0.25) is 0 Å². The van der Waals surface area contributed by atoms with Gasteiger partial charge < -0.3 is 5.11 Å². The first-order chi connectivity index (χ1) is 9.40. The number of pyridine rings is 2. The minimum atomic E-state index is -3.87. The van der Waals surface area contributed by atoms with E-state index in [0.29, 0.717) is 11.3 Å². The summed E-state index contributed by atoms with van der Waals surface area (Å²) in [7, 11) is -3.87. The van der Waals surface area contributed by atoms with Gasteiger partial charge in [-0.05, 0) is 30.7 Å². The molecule has 2 aromatic rings. The van der Waals surface area contributed by atoms with Crippen LogP contribution in [0.3, 0.4) is 0 Å². The molecule has 0 bridgehead atoms. The molecule has 0 fully saturated rings. The summed E-state index contributed by atoms with van der Waals surface area (Å²) in [5.41, 5.74) is 0.976. The normalized spacial score (nSPS) is 11.1. The SMILES string of the molecule is Cc1ccncc1NS(=O)(=O)c1ccc(C(=O)O)cn1. The zero-order chi connectivity index (χ0) is 14.8. The van der Waals surface area contributed by atoms with Crippen molar-refractivity contribution in [2.24, 2.45) is 0 Å². The van der Waals surface area contributed by atoms with Crippen molar-refractivity contribution in [1.82, 2.24) is 9.97 Å². The second-order valence-electron chi connectivity index (χ2n) is 3.99. The number of carboxylic acids is 1. The van der Waals surface area contributed by atoms with Crippen molar-refractivity contribution in [2.45, 2.75) is 11.9 Å². The third-order valence-corrected chi connectivity index (χ3v) is 3.82. The number of anilines is 1. The van der Waals surface area contributed by atoms with Gasteiger partial charge in [0.15, 0.2) is 5.03 Å². The minimum Gasteiger partial charge on any atom is -0.478 e. The highest BCUT2D eigenvalue weighted by molar-refractivity contribution is 7.92. The van der Waals surface area contributed by atoms with E-state index in [2.05, 4.69) is 14.7 Å². The Bertz CT molecular complexity index is 742. The third kappa shape index (κ3) is 2.91. The molecule has 0 atom stereocenters. The molecule has 2 N–H and O–H groups in total. The fourth-order valence-electron chi connectivity index (χ4n) is 1.43. The summed E-state index contributed by atoms with van der Waals surface area (Å²) in [6, 6.07) is 3.98. The molecule has 2 aromatic heterocycles. The molecule has 104 valence electrons. The van der Waals surface area contributed by atoms with E-state index in [1.165, 1.54) is 12.3 Å². The first kappa shape index (κ1) is 13.9. The maximum Gasteiger partial charge on any atom is 0.337 e. The molecule has 2 rings (SSSR count). The predicted octanol–water partition coefficient (Wildman–Crippen LogP) is 1.28. The van der Waals surface area contributed by atoms with Gasteiger partial charge in [0.25, 0.3) is 10.0 Å². The average Bonchev–Trinajstić information content (AvgIpc) is 2.41. The number of rotatable bonds is 4. The number of carboxylic acid groups (broad SMARTS) is 1. The van der Waals surface area contributed by atoms with Gasteiger partial charge in [-0.15, -0.1) is 0 Å². The lowest BCUT2D eigenvalue weighted by Gasteiger charge is -2.09. The van der Waals surface area contributed by atoms with Crippen molar-refractivity contribution in [2.75, 3.05) is 4.72 Å². The van der Waals surface area contributed by atoms with Crippen molar-refractivity contribution < 1.29 is 18.3 Å². The molecule has 0 radical (unpaired) electrons. The lowest BCUT2D eigenvalue weighted by atomic mass is 10.3. The number of aromatic carboxylic acids is 1. The predicted molar refractivity (Wildman–Crippen MR) is 71.0 cm³/mol. The van der Waals surface area contributed by atoms with Crippen LogP contribution in [0.25, 0.3) is 0 Å². The molecule has 0 saturated heterocycles. The van der Waals surface area contributed by atoms with Gasteiger partial charge in [-0.2, -0.15) is 8.42 Å². The largest absolute Gasteiger partial charge is 0.478 e. The third-order valence-electron chi connectivity index (χ3n) is 2.54. The van der Waals surface area contributed by atoms with E-state index in [0.717, 1.165) is 12.3 Å². The van der Waals surface area contributed by atoms with E-state index in [1.54, 1.807) is 19.2 Å². The zero-order valence-corrected chi connectivity index (χ0v) is 11.3. The van der Waals surface area contributed by atoms with Crippen LogP contribution in [0.5, 0.6) is 0 Å². The molecule has 20 heavy (non-hydrogen) atoms. The highest BCUT2D eigenvalue weighted by atomic mass is 32.2. The van der Waals surface area contributed by atoms with Crippen LogP contribution >= 0.6 is 0 Å². The van der Waals surface area contributed by atoms with E-state index in [4.69, 9.17) is 5.11 Å². The summed E-state index contributed by atoms with van der Waals surface area (Å²) in [5.74, 6) is -1.17. The number of hydrogen-bond acceptors (Lipinski definition) is 5. The first-order valence-corrected chi connectivity index (χ1v) is 7.01. The Balaban J connectivity index is 2.31. The van der Waals surface area contributed by atoms with E-state index in [-0.39, 0.29) is 10.6 Å². The van der Waals surface area contributed by atoms with Crippen LogP contribution in [0.4, 0.5) is 5.69 Å². The Morgan fingerprint density at radius 2 is 2.00 bits per heavy atom. The maximum atomic E-state index is 12.1. The van der Waals surface area contributed by atoms with Gasteiger partial charge in [0, 0.05) is 12.4 Å². The van der Waals surface area contributed by atoms with Gasteiger partial charge in [0.05, 0.1) is 17.4 Å². The lowest BCUT2D eigenvalue weighted by Crippen LogP contribution is -2.15. The Labute approximate surface area is 115 Å². The van der Waals surface area contributed by atoms with Crippen molar-refractivity contribution in [1.29, 1.82) is 0 Å². The Morgan fingerprint density at radius 1 is 1.25 bits per heavy atom. The summed E-state index contributed by atoms with van der Waals surface area (Å²) >= 11 is 0. The smallest absolute Gasteiger partial charge is 0.337 e. The maximum absolute atomic E-state index is 12.1. The summed E-state index contributed by atoms with van der Waals surface area (Å²) in [5, 5.41) is 8.48. The topological polar surface area (TPSA) is 109 Å². The standard InChI is InChI=1S/C12H11N3O4S/c1-8-4-5-13-7-10(8)15-20(18,19)11-3-2-9(6-14-11)12(16)17/h2-7,15H,1H3,(H,16,17). The van der Waals surface area contributed by atoms with Crippen LogP contribution < -0.4 is 4.72 Å². The molecule has 0 aliphatic carbocycles. The fourth-order valence-corrected chi connectivity index (χ4v) is 2.48. The monoisotopic (exact) mass is 293 g/mol. The number of hydrogen-bond donors (Lipinski definition) is 2. The molecular formula is C12H11N3O4S. The van der Waals surface area contributed by atoms with Gasteiger partial charge >= 0.3 is 5.97 Å². The Morgan fingerprint density at radius 3 is 2.55 bits per heavy atom. The molecule has 0 amide bonds. The Hall–Kier alpha value is -2.48. The van der Waals surface area contributed by atoms with Crippen molar-refractivity contribution >= 4 is 21.7 Å². The Kier molecular flexibility index (Phi) is 3.66. The second kappa shape index (κ2) is 5.25. The van der Waals surface area contributed by atoms with E-state index in [1.807, 2.05) is 0 Å². The molecule has 0 unspecified atom stereocenters. The van der Waals surface area contributed by atoms with Gasteiger partial charge in [-0.1, -0.05) is 0 Å². The van der Waals surface area contributed by atoms with Crippen LogP contribution in [0.15, 0.2) is 41.8 Å². The zero-order valence-electron chi connectivity index (χ0n) is 10.4. The average molecular weight is 293 g/mol. The lowest BCUT2D eigenvalue weighted by molar-refractivity contribution is 0.0696. The van der Waals surface area contributed by atoms with E-state index in [9.17, 15) is 13.2 Å². The van der Waals surface area contributed by atoms with Crippen molar-refractivity contribution in [3.05, 3.63) is 47.9 Å². The minimum absolute atomic E-state index is 0.0819. The number of nitrogens with one attached hydrogen (secondary N) is 1. The molecule has 8 heteroatoms. The van der Waals surface area contributed by atoms with Crippen molar-refractivity contribution in [3.63, 3.8) is 0 Å². The second-order valence-corrected chi connectivity index (χ2v) is 5.62. The van der Waals surface area contributed by atoms with Gasteiger partial charge in [0.1, 0.15) is 0 Å². The number of sulfonamides is 1. The summed E-state index contributed by atoms with van der Waals surface area (Å²) in [6.07, 6.45) is 3.93. The molecule has 0 saturated carbocycles.